The molecule has 0 aliphatic heterocycles. The van der Waals surface area contributed by atoms with Gasteiger partial charge in [0.05, 0.1) is 11.4 Å². The quantitative estimate of drug-likeness (QED) is 0.771. The molecule has 0 N–H and O–H groups in total. The van der Waals surface area contributed by atoms with E-state index in [1.54, 1.807) is 37.4 Å². The molecule has 0 saturated heterocycles. The van der Waals surface area contributed by atoms with Crippen molar-refractivity contribution in [3.8, 4) is 0 Å². The Hall–Kier alpha value is -1.11. The Morgan fingerprint density at radius 3 is 2.30 bits per heavy atom. The van der Waals surface area contributed by atoms with Crippen LogP contribution in [-0.2, 0) is 21.9 Å². The molecular formula is C14H16BrNO3S. The highest BCUT2D eigenvalue weighted by Crippen LogP contribution is 2.19. The Morgan fingerprint density at radius 2 is 1.80 bits per heavy atom. The Bertz CT molecular complexity index is 677. The summed E-state index contributed by atoms with van der Waals surface area (Å²) in [7, 11) is -1.95. The maximum absolute atomic E-state index is 12.4. The predicted molar refractivity (Wildman–Crippen MR) is 81.2 cm³/mol. The van der Waals surface area contributed by atoms with E-state index < -0.39 is 10.0 Å². The fourth-order valence-electron chi connectivity index (χ4n) is 1.80. The number of nitrogens with zero attached hydrogens (tertiary/aromatic N) is 1. The average molecular weight is 358 g/mol. The zero-order chi connectivity index (χ0) is 14.8. The van der Waals surface area contributed by atoms with Gasteiger partial charge in [-0.15, -0.1) is 0 Å². The lowest BCUT2D eigenvalue weighted by atomic mass is 10.2. The van der Waals surface area contributed by atoms with Gasteiger partial charge in [-0.1, -0.05) is 28.1 Å². The van der Waals surface area contributed by atoms with Crippen molar-refractivity contribution in [3.05, 3.63) is 53.5 Å². The van der Waals surface area contributed by atoms with Gasteiger partial charge in [-0.05, 0) is 36.8 Å². The Kier molecular flexibility index (Phi) is 4.67. The van der Waals surface area contributed by atoms with Gasteiger partial charge in [-0.25, -0.2) is 8.42 Å². The molecule has 2 aromatic rings. The third-order valence-electron chi connectivity index (χ3n) is 2.96. The SMILES string of the molecule is Cc1ccc(CN(C)S(=O)(=O)c2ccc(CBr)cc2)o1. The van der Waals surface area contributed by atoms with Crippen LogP contribution in [0.25, 0.3) is 0 Å². The van der Waals surface area contributed by atoms with E-state index in [4.69, 9.17) is 4.42 Å². The van der Waals surface area contributed by atoms with E-state index in [1.165, 1.54) is 4.31 Å². The van der Waals surface area contributed by atoms with Crippen LogP contribution < -0.4 is 0 Å². The first-order valence-corrected chi connectivity index (χ1v) is 8.66. The van der Waals surface area contributed by atoms with E-state index >= 15 is 0 Å². The molecule has 0 aliphatic rings. The normalized spacial score (nSPS) is 12.0. The average Bonchev–Trinajstić information content (AvgIpc) is 2.84. The largest absolute Gasteiger partial charge is 0.465 e. The summed E-state index contributed by atoms with van der Waals surface area (Å²) in [6.07, 6.45) is 0. The second-order valence-corrected chi connectivity index (χ2v) is 7.16. The summed E-state index contributed by atoms with van der Waals surface area (Å²) in [4.78, 5) is 0.285. The highest BCUT2D eigenvalue weighted by atomic mass is 79.9. The van der Waals surface area contributed by atoms with Crippen molar-refractivity contribution < 1.29 is 12.8 Å². The number of hydrogen-bond acceptors (Lipinski definition) is 3. The van der Waals surface area contributed by atoms with Crippen molar-refractivity contribution in [1.82, 2.24) is 4.31 Å². The van der Waals surface area contributed by atoms with Crippen molar-refractivity contribution in [2.75, 3.05) is 7.05 Å². The molecular weight excluding hydrogens is 342 g/mol. The molecule has 0 unspecified atom stereocenters. The predicted octanol–water partition coefficient (Wildman–Crippen LogP) is 3.30. The number of sulfonamides is 1. The van der Waals surface area contributed by atoms with E-state index in [1.807, 2.05) is 13.0 Å². The standard InChI is InChI=1S/C14H16BrNO3S/c1-11-3-6-13(19-11)10-16(2)20(17,18)14-7-4-12(9-15)5-8-14/h3-8H,9-10H2,1-2H3. The van der Waals surface area contributed by atoms with Crippen LogP contribution >= 0.6 is 15.9 Å². The Balaban J connectivity index is 2.19. The molecule has 0 spiro atoms. The van der Waals surface area contributed by atoms with Crippen molar-refractivity contribution in [3.63, 3.8) is 0 Å². The minimum Gasteiger partial charge on any atom is -0.465 e. The van der Waals surface area contributed by atoms with Crippen molar-refractivity contribution in [1.29, 1.82) is 0 Å². The van der Waals surface area contributed by atoms with Crippen molar-refractivity contribution >= 4 is 26.0 Å². The summed E-state index contributed by atoms with van der Waals surface area (Å²) < 4.78 is 31.5. The molecule has 1 aromatic heterocycles. The summed E-state index contributed by atoms with van der Waals surface area (Å²) in [5.74, 6) is 1.40. The fourth-order valence-corrected chi connectivity index (χ4v) is 3.32. The maximum atomic E-state index is 12.4. The smallest absolute Gasteiger partial charge is 0.243 e. The van der Waals surface area contributed by atoms with Crippen LogP contribution in [-0.4, -0.2) is 19.8 Å². The van der Waals surface area contributed by atoms with Crippen LogP contribution in [0.4, 0.5) is 0 Å². The lowest BCUT2D eigenvalue weighted by Crippen LogP contribution is -2.26. The zero-order valence-electron chi connectivity index (χ0n) is 11.3. The van der Waals surface area contributed by atoms with Crippen LogP contribution in [0, 0.1) is 6.92 Å². The van der Waals surface area contributed by atoms with Crippen LogP contribution in [0.3, 0.4) is 0 Å². The van der Waals surface area contributed by atoms with Gasteiger partial charge < -0.3 is 4.42 Å². The minimum absolute atomic E-state index is 0.219. The van der Waals surface area contributed by atoms with Crippen LogP contribution in [0.5, 0.6) is 0 Å². The fraction of sp³-hybridized carbons (Fsp3) is 0.286. The molecule has 6 heteroatoms. The van der Waals surface area contributed by atoms with E-state index in [0.29, 0.717) is 11.1 Å². The second-order valence-electron chi connectivity index (χ2n) is 4.55. The first-order chi connectivity index (χ1) is 9.43. The van der Waals surface area contributed by atoms with Gasteiger partial charge >= 0.3 is 0 Å². The topological polar surface area (TPSA) is 50.5 Å². The molecule has 20 heavy (non-hydrogen) atoms. The number of halogens is 1. The Labute approximate surface area is 127 Å². The lowest BCUT2D eigenvalue weighted by Gasteiger charge is -2.16. The first-order valence-electron chi connectivity index (χ1n) is 6.10. The third kappa shape index (κ3) is 3.31. The van der Waals surface area contributed by atoms with Crippen molar-refractivity contribution in [2.45, 2.75) is 23.7 Å². The molecule has 0 amide bonds. The first kappa shape index (κ1) is 15.3. The maximum Gasteiger partial charge on any atom is 0.243 e. The third-order valence-corrected chi connectivity index (χ3v) is 5.43. The molecule has 0 fully saturated rings. The molecule has 0 radical (unpaired) electrons. The molecule has 0 aliphatic carbocycles. The van der Waals surface area contributed by atoms with Gasteiger partial charge in [0, 0.05) is 12.4 Å². The number of furan rings is 1. The molecule has 108 valence electrons. The highest BCUT2D eigenvalue weighted by molar-refractivity contribution is 9.08. The monoisotopic (exact) mass is 357 g/mol. The number of hydrogen-bond donors (Lipinski definition) is 0. The summed E-state index contributed by atoms with van der Waals surface area (Å²) >= 11 is 3.34. The summed E-state index contributed by atoms with van der Waals surface area (Å²) in [5, 5.41) is 0.703. The van der Waals surface area contributed by atoms with E-state index in [-0.39, 0.29) is 11.4 Å². The highest BCUT2D eigenvalue weighted by Gasteiger charge is 2.21. The summed E-state index contributed by atoms with van der Waals surface area (Å²) in [6, 6.07) is 10.4. The molecule has 0 saturated carbocycles. The van der Waals surface area contributed by atoms with Crippen LogP contribution in [0.2, 0.25) is 0 Å². The second kappa shape index (κ2) is 6.11. The van der Waals surface area contributed by atoms with Gasteiger partial charge in [0.25, 0.3) is 0 Å². The number of aryl methyl sites for hydroxylation is 1. The van der Waals surface area contributed by atoms with Gasteiger partial charge in [0.2, 0.25) is 10.0 Å². The molecule has 1 aromatic carbocycles. The van der Waals surface area contributed by atoms with Gasteiger partial charge in [-0.3, -0.25) is 0 Å². The molecule has 0 bridgehead atoms. The van der Waals surface area contributed by atoms with Gasteiger partial charge in [0.15, 0.2) is 0 Å². The number of rotatable bonds is 5. The molecule has 0 atom stereocenters. The summed E-state index contributed by atoms with van der Waals surface area (Å²) in [5.41, 5.74) is 1.04. The van der Waals surface area contributed by atoms with Crippen LogP contribution in [0.15, 0.2) is 45.7 Å². The van der Waals surface area contributed by atoms with E-state index in [2.05, 4.69) is 15.9 Å². The number of benzene rings is 1. The van der Waals surface area contributed by atoms with E-state index in [9.17, 15) is 8.42 Å². The molecule has 2 rings (SSSR count). The lowest BCUT2D eigenvalue weighted by molar-refractivity contribution is 0.397. The Morgan fingerprint density at radius 1 is 1.15 bits per heavy atom. The van der Waals surface area contributed by atoms with Crippen molar-refractivity contribution in [2.24, 2.45) is 0 Å². The van der Waals surface area contributed by atoms with Gasteiger partial charge in [-0.2, -0.15) is 4.31 Å². The molecule has 1 heterocycles. The number of alkyl halides is 1. The zero-order valence-corrected chi connectivity index (χ0v) is 13.7. The molecule has 4 nitrogen and oxygen atoms in total. The van der Waals surface area contributed by atoms with Gasteiger partial charge in [0.1, 0.15) is 11.5 Å². The minimum atomic E-state index is -3.49. The summed E-state index contributed by atoms with van der Waals surface area (Å²) in [6.45, 7) is 2.05. The van der Waals surface area contributed by atoms with Crippen LogP contribution in [0.1, 0.15) is 17.1 Å². The van der Waals surface area contributed by atoms with E-state index in [0.717, 1.165) is 11.3 Å².